The molecule has 25 heavy (non-hydrogen) atoms. The zero-order valence-electron chi connectivity index (χ0n) is 14.3. The fourth-order valence-electron chi connectivity index (χ4n) is 2.66. The maximum Gasteiger partial charge on any atom is 0.261 e. The molecule has 1 aliphatic carbocycles. The van der Waals surface area contributed by atoms with E-state index in [1.807, 2.05) is 6.92 Å². The molecule has 0 aliphatic heterocycles. The topological polar surface area (TPSA) is 106 Å². The number of nitrogens with zero attached hydrogens (tertiary/aromatic N) is 4. The number of carbonyl (C=O) groups excluding carboxylic acids is 1. The largest absolute Gasteiger partial charge is 0.442 e. The van der Waals surface area contributed by atoms with Gasteiger partial charge < -0.3 is 15.1 Å². The molecule has 0 unspecified atom stereocenters. The number of aryl methyl sites for hydroxylation is 2. The maximum atomic E-state index is 12.8. The molecule has 3 aromatic rings. The molecule has 0 radical (unpaired) electrons. The first-order valence-corrected chi connectivity index (χ1v) is 8.09. The number of nitrogens with one attached hydrogen (secondary N) is 2. The molecule has 1 fully saturated rings. The van der Waals surface area contributed by atoms with Gasteiger partial charge in [0.15, 0.2) is 5.82 Å². The highest BCUT2D eigenvalue weighted by atomic mass is 16.3. The molecule has 3 aromatic heterocycles. The van der Waals surface area contributed by atoms with Gasteiger partial charge in [-0.1, -0.05) is 0 Å². The maximum absolute atomic E-state index is 12.8. The third-order valence-corrected chi connectivity index (χ3v) is 4.35. The van der Waals surface area contributed by atoms with Gasteiger partial charge in [0.05, 0.1) is 16.6 Å². The number of hydrogen-bond donors (Lipinski definition) is 2. The minimum absolute atomic E-state index is 0.0165. The minimum atomic E-state index is -0.326. The summed E-state index contributed by atoms with van der Waals surface area (Å²) in [7, 11) is 0. The van der Waals surface area contributed by atoms with Crippen LogP contribution in [0.1, 0.15) is 41.6 Å². The van der Waals surface area contributed by atoms with Crippen molar-refractivity contribution < 1.29 is 9.21 Å². The number of anilines is 2. The summed E-state index contributed by atoms with van der Waals surface area (Å²) >= 11 is 0. The Kier molecular flexibility index (Phi) is 3.41. The zero-order valence-corrected chi connectivity index (χ0v) is 14.3. The average molecular weight is 338 g/mol. The molecule has 4 rings (SSSR count). The first-order chi connectivity index (χ1) is 12.0. The Morgan fingerprint density at radius 3 is 2.68 bits per heavy atom. The van der Waals surface area contributed by atoms with Gasteiger partial charge in [-0.05, 0) is 45.7 Å². The van der Waals surface area contributed by atoms with Crippen LogP contribution in [0.3, 0.4) is 0 Å². The van der Waals surface area contributed by atoms with Crippen molar-refractivity contribution in [3.05, 3.63) is 35.5 Å². The van der Waals surface area contributed by atoms with Crippen LogP contribution in [0.5, 0.6) is 0 Å². The van der Waals surface area contributed by atoms with Crippen LogP contribution >= 0.6 is 0 Å². The van der Waals surface area contributed by atoms with Gasteiger partial charge in [0.1, 0.15) is 17.9 Å². The Morgan fingerprint density at radius 2 is 2.00 bits per heavy atom. The molecule has 0 saturated heterocycles. The van der Waals surface area contributed by atoms with Crippen LogP contribution < -0.4 is 10.6 Å². The molecule has 0 atom stereocenters. The molecule has 1 amide bonds. The summed E-state index contributed by atoms with van der Waals surface area (Å²) in [4.78, 5) is 21.3. The van der Waals surface area contributed by atoms with Crippen LogP contribution in [0.15, 0.2) is 22.9 Å². The van der Waals surface area contributed by atoms with Crippen molar-refractivity contribution in [3.8, 4) is 0 Å². The van der Waals surface area contributed by atoms with Gasteiger partial charge in [-0.15, -0.1) is 5.10 Å². The highest BCUT2D eigenvalue weighted by Crippen LogP contribution is 2.40. The van der Waals surface area contributed by atoms with E-state index in [9.17, 15) is 4.79 Å². The van der Waals surface area contributed by atoms with Crippen LogP contribution in [0.4, 0.5) is 11.6 Å². The van der Waals surface area contributed by atoms with Gasteiger partial charge in [0, 0.05) is 5.54 Å². The lowest BCUT2D eigenvalue weighted by Gasteiger charge is -2.13. The van der Waals surface area contributed by atoms with Crippen molar-refractivity contribution in [1.82, 2.24) is 20.2 Å². The van der Waals surface area contributed by atoms with E-state index in [0.717, 1.165) is 18.5 Å². The normalized spacial score (nSPS) is 15.2. The monoisotopic (exact) mass is 338 g/mol. The second kappa shape index (κ2) is 5.51. The van der Waals surface area contributed by atoms with Crippen LogP contribution in [0.25, 0.3) is 11.1 Å². The minimum Gasteiger partial charge on any atom is -0.442 e. The quantitative estimate of drug-likeness (QED) is 0.753. The Balaban J connectivity index is 1.73. The van der Waals surface area contributed by atoms with Gasteiger partial charge >= 0.3 is 0 Å². The number of aromatic nitrogens is 4. The van der Waals surface area contributed by atoms with Crippen LogP contribution in [-0.4, -0.2) is 31.6 Å². The predicted octanol–water partition coefficient (Wildman–Crippen LogP) is 2.85. The lowest BCUT2D eigenvalue weighted by molar-refractivity contribution is 0.102. The van der Waals surface area contributed by atoms with Crippen molar-refractivity contribution in [2.45, 2.75) is 39.2 Å². The number of hydrogen-bond acceptors (Lipinski definition) is 7. The number of rotatable bonds is 4. The number of furan rings is 1. The standard InChI is InChI=1S/C17H18N6O2/c1-9-4-5-11(23-22-9)20-15(24)12-10(2)25-16-13(12)14(18-8-19-16)21-17(3)6-7-17/h4-5,8H,6-7H2,1-3H3,(H,18,19,21)(H,20,23,24). The van der Waals surface area contributed by atoms with E-state index in [4.69, 9.17) is 4.42 Å². The summed E-state index contributed by atoms with van der Waals surface area (Å²) in [5.74, 6) is 1.15. The lowest BCUT2D eigenvalue weighted by atomic mass is 10.1. The molecule has 0 aromatic carbocycles. The zero-order chi connectivity index (χ0) is 17.6. The molecular formula is C17H18N6O2. The highest BCUT2D eigenvalue weighted by molar-refractivity contribution is 6.15. The number of carbonyl (C=O) groups is 1. The van der Waals surface area contributed by atoms with E-state index in [-0.39, 0.29) is 11.4 Å². The lowest BCUT2D eigenvalue weighted by Crippen LogP contribution is -2.19. The van der Waals surface area contributed by atoms with E-state index in [1.165, 1.54) is 6.33 Å². The summed E-state index contributed by atoms with van der Waals surface area (Å²) in [5.41, 5.74) is 1.59. The van der Waals surface area contributed by atoms with Crippen LogP contribution in [-0.2, 0) is 0 Å². The molecule has 0 bridgehead atoms. The first-order valence-electron chi connectivity index (χ1n) is 8.09. The van der Waals surface area contributed by atoms with Gasteiger partial charge in [-0.2, -0.15) is 5.10 Å². The van der Waals surface area contributed by atoms with E-state index in [2.05, 4.69) is 37.7 Å². The van der Waals surface area contributed by atoms with Gasteiger partial charge in [-0.25, -0.2) is 9.97 Å². The van der Waals surface area contributed by atoms with E-state index in [0.29, 0.717) is 34.1 Å². The molecule has 128 valence electrons. The number of amides is 1. The molecule has 3 heterocycles. The summed E-state index contributed by atoms with van der Waals surface area (Å²) in [6.45, 7) is 5.69. The van der Waals surface area contributed by atoms with Crippen molar-refractivity contribution in [2.75, 3.05) is 10.6 Å². The summed E-state index contributed by atoms with van der Waals surface area (Å²) in [5, 5.41) is 14.7. The molecule has 1 aliphatic rings. The van der Waals surface area contributed by atoms with E-state index < -0.39 is 0 Å². The van der Waals surface area contributed by atoms with Gasteiger partial charge in [-0.3, -0.25) is 4.79 Å². The third-order valence-electron chi connectivity index (χ3n) is 4.35. The second-order valence-electron chi connectivity index (χ2n) is 6.64. The first kappa shape index (κ1) is 15.5. The molecular weight excluding hydrogens is 320 g/mol. The van der Waals surface area contributed by atoms with E-state index >= 15 is 0 Å². The Hall–Kier alpha value is -3.03. The summed E-state index contributed by atoms with van der Waals surface area (Å²) in [6, 6.07) is 3.49. The van der Waals surface area contributed by atoms with Crippen molar-refractivity contribution in [2.24, 2.45) is 0 Å². The second-order valence-corrected chi connectivity index (χ2v) is 6.64. The third kappa shape index (κ3) is 2.90. The van der Waals surface area contributed by atoms with Crippen molar-refractivity contribution in [3.63, 3.8) is 0 Å². The van der Waals surface area contributed by atoms with Gasteiger partial charge in [0.25, 0.3) is 5.91 Å². The van der Waals surface area contributed by atoms with Crippen molar-refractivity contribution in [1.29, 1.82) is 0 Å². The Bertz CT molecular complexity index is 959. The fraction of sp³-hybridized carbons (Fsp3) is 0.353. The Morgan fingerprint density at radius 1 is 1.20 bits per heavy atom. The van der Waals surface area contributed by atoms with Crippen molar-refractivity contribution >= 4 is 28.6 Å². The van der Waals surface area contributed by atoms with Crippen LogP contribution in [0, 0.1) is 13.8 Å². The Labute approximate surface area is 144 Å². The van der Waals surface area contributed by atoms with E-state index in [1.54, 1.807) is 19.1 Å². The fourth-order valence-corrected chi connectivity index (χ4v) is 2.66. The molecule has 2 N–H and O–H groups in total. The van der Waals surface area contributed by atoms with Crippen LogP contribution in [0.2, 0.25) is 0 Å². The molecule has 8 nitrogen and oxygen atoms in total. The summed E-state index contributed by atoms with van der Waals surface area (Å²) < 4.78 is 5.66. The smallest absolute Gasteiger partial charge is 0.261 e. The molecule has 1 saturated carbocycles. The molecule has 8 heteroatoms. The SMILES string of the molecule is Cc1ccc(NC(=O)c2c(C)oc3ncnc(NC4(C)CC4)c23)nn1. The average Bonchev–Trinajstić information content (AvgIpc) is 3.18. The summed E-state index contributed by atoms with van der Waals surface area (Å²) in [6.07, 6.45) is 3.57. The highest BCUT2D eigenvalue weighted by Gasteiger charge is 2.38. The molecule has 0 spiro atoms. The van der Waals surface area contributed by atoms with Gasteiger partial charge in [0.2, 0.25) is 5.71 Å². The predicted molar refractivity (Wildman–Crippen MR) is 92.5 cm³/mol. The number of fused-ring (bicyclic) bond motifs is 1.